The van der Waals surface area contributed by atoms with Gasteiger partial charge in [0.15, 0.2) is 5.82 Å². The summed E-state index contributed by atoms with van der Waals surface area (Å²) < 4.78 is 37.7. The summed E-state index contributed by atoms with van der Waals surface area (Å²) in [5.74, 6) is 0.891. The Bertz CT molecular complexity index is 931. The van der Waals surface area contributed by atoms with Gasteiger partial charge in [-0.2, -0.15) is 13.2 Å². The number of rotatable bonds is 6. The number of halogens is 4. The second kappa shape index (κ2) is 8.52. The highest BCUT2D eigenvalue weighted by molar-refractivity contribution is 6.31. The van der Waals surface area contributed by atoms with Crippen LogP contribution in [-0.2, 0) is 12.6 Å². The molecule has 28 heavy (non-hydrogen) atoms. The third-order valence-electron chi connectivity index (χ3n) is 3.97. The Hall–Kier alpha value is -2.74. The molecule has 3 aromatic rings. The average molecular weight is 408 g/mol. The maximum absolute atomic E-state index is 12.6. The van der Waals surface area contributed by atoms with Crippen LogP contribution in [0.15, 0.2) is 42.7 Å². The first-order valence-electron chi connectivity index (χ1n) is 8.56. The normalized spacial score (nSPS) is 11.5. The van der Waals surface area contributed by atoms with Crippen molar-refractivity contribution in [3.05, 3.63) is 64.7 Å². The molecule has 0 unspecified atom stereocenters. The quantitative estimate of drug-likeness (QED) is 0.585. The monoisotopic (exact) mass is 407 g/mol. The molecule has 0 spiro atoms. The van der Waals surface area contributed by atoms with Crippen LogP contribution >= 0.6 is 11.6 Å². The SMILES string of the molecule is Cc1nc(-c2ccccn2)nc(CCCNc2ccc(C(F)(F)F)cn2)c1Cl. The Morgan fingerprint density at radius 2 is 1.89 bits per heavy atom. The summed E-state index contributed by atoms with van der Waals surface area (Å²) >= 11 is 6.32. The van der Waals surface area contributed by atoms with Gasteiger partial charge < -0.3 is 5.32 Å². The first-order valence-corrected chi connectivity index (χ1v) is 8.94. The van der Waals surface area contributed by atoms with Gasteiger partial charge in [-0.3, -0.25) is 4.98 Å². The Labute approximate surface area is 165 Å². The molecule has 0 radical (unpaired) electrons. The molecule has 0 amide bonds. The maximum Gasteiger partial charge on any atom is 0.417 e. The van der Waals surface area contributed by atoms with Gasteiger partial charge in [-0.15, -0.1) is 0 Å². The molecule has 0 aliphatic heterocycles. The third kappa shape index (κ3) is 4.95. The number of hydrogen-bond donors (Lipinski definition) is 1. The van der Waals surface area contributed by atoms with Gasteiger partial charge in [0.25, 0.3) is 0 Å². The second-order valence-electron chi connectivity index (χ2n) is 6.07. The number of aromatic nitrogens is 4. The van der Waals surface area contributed by atoms with E-state index in [0.29, 0.717) is 53.1 Å². The lowest BCUT2D eigenvalue weighted by Gasteiger charge is -2.10. The molecule has 9 heteroatoms. The Kier molecular flexibility index (Phi) is 6.08. The lowest BCUT2D eigenvalue weighted by atomic mass is 10.2. The summed E-state index contributed by atoms with van der Waals surface area (Å²) in [7, 11) is 0. The van der Waals surface area contributed by atoms with Gasteiger partial charge in [-0.05, 0) is 44.0 Å². The molecule has 3 rings (SSSR count). The van der Waals surface area contributed by atoms with Gasteiger partial charge in [0.05, 0.1) is 22.0 Å². The molecule has 3 heterocycles. The van der Waals surface area contributed by atoms with Crippen molar-refractivity contribution in [3.8, 4) is 11.5 Å². The molecular formula is C19H17ClF3N5. The summed E-state index contributed by atoms with van der Waals surface area (Å²) in [6, 6.07) is 7.80. The third-order valence-corrected chi connectivity index (χ3v) is 4.46. The second-order valence-corrected chi connectivity index (χ2v) is 6.45. The van der Waals surface area contributed by atoms with E-state index in [9.17, 15) is 13.2 Å². The zero-order chi connectivity index (χ0) is 20.1. The van der Waals surface area contributed by atoms with E-state index in [1.165, 1.54) is 6.07 Å². The lowest BCUT2D eigenvalue weighted by Crippen LogP contribution is -2.09. The minimum Gasteiger partial charge on any atom is -0.370 e. The summed E-state index contributed by atoms with van der Waals surface area (Å²) in [5, 5.41) is 3.50. The van der Waals surface area contributed by atoms with E-state index in [0.717, 1.165) is 12.3 Å². The molecule has 5 nitrogen and oxygen atoms in total. The van der Waals surface area contributed by atoms with Crippen LogP contribution in [0.4, 0.5) is 19.0 Å². The lowest BCUT2D eigenvalue weighted by molar-refractivity contribution is -0.137. The number of nitrogens with one attached hydrogen (secondary N) is 1. The van der Waals surface area contributed by atoms with Crippen molar-refractivity contribution in [2.75, 3.05) is 11.9 Å². The van der Waals surface area contributed by atoms with Gasteiger partial charge in [-0.1, -0.05) is 17.7 Å². The van der Waals surface area contributed by atoms with Gasteiger partial charge in [0.1, 0.15) is 11.5 Å². The van der Waals surface area contributed by atoms with Gasteiger partial charge in [0, 0.05) is 18.9 Å². The zero-order valence-corrected chi connectivity index (χ0v) is 15.7. The molecule has 0 fully saturated rings. The molecule has 0 atom stereocenters. The summed E-state index contributed by atoms with van der Waals surface area (Å²) in [5.41, 5.74) is 1.26. The standard InChI is InChI=1S/C19H17ClF3N5/c1-12-17(20)14(28-18(27-12)15-5-2-3-9-24-15)6-4-10-25-16-8-7-13(11-26-16)19(21,22)23/h2-3,5,7-9,11H,4,6,10H2,1H3,(H,25,26). The molecule has 0 aliphatic carbocycles. The van der Waals surface area contributed by atoms with Crippen LogP contribution in [0.2, 0.25) is 5.02 Å². The van der Waals surface area contributed by atoms with E-state index < -0.39 is 11.7 Å². The van der Waals surface area contributed by atoms with Crippen molar-refractivity contribution >= 4 is 17.4 Å². The summed E-state index contributed by atoms with van der Waals surface area (Å²) in [6.45, 7) is 2.32. The van der Waals surface area contributed by atoms with E-state index in [-0.39, 0.29) is 0 Å². The highest BCUT2D eigenvalue weighted by atomic mass is 35.5. The minimum absolute atomic E-state index is 0.382. The van der Waals surface area contributed by atoms with Crippen LogP contribution in [-0.4, -0.2) is 26.5 Å². The molecule has 0 aliphatic rings. The largest absolute Gasteiger partial charge is 0.417 e. The molecule has 0 aromatic carbocycles. The highest BCUT2D eigenvalue weighted by Crippen LogP contribution is 2.29. The van der Waals surface area contributed by atoms with Crippen molar-refractivity contribution in [3.63, 3.8) is 0 Å². The molecule has 0 bridgehead atoms. The molecule has 0 saturated heterocycles. The van der Waals surface area contributed by atoms with Crippen LogP contribution in [0, 0.1) is 6.92 Å². The zero-order valence-electron chi connectivity index (χ0n) is 15.0. The van der Waals surface area contributed by atoms with E-state index >= 15 is 0 Å². The first-order chi connectivity index (χ1) is 13.3. The highest BCUT2D eigenvalue weighted by Gasteiger charge is 2.30. The average Bonchev–Trinajstić information content (AvgIpc) is 2.68. The molecular weight excluding hydrogens is 391 g/mol. The van der Waals surface area contributed by atoms with E-state index in [2.05, 4.69) is 25.3 Å². The van der Waals surface area contributed by atoms with Gasteiger partial charge in [0.2, 0.25) is 0 Å². The van der Waals surface area contributed by atoms with Gasteiger partial charge in [-0.25, -0.2) is 15.0 Å². The Morgan fingerprint density at radius 3 is 2.54 bits per heavy atom. The van der Waals surface area contributed by atoms with Crippen molar-refractivity contribution in [1.82, 2.24) is 19.9 Å². The number of alkyl halides is 3. The Balaban J connectivity index is 1.61. The fourth-order valence-corrected chi connectivity index (χ4v) is 2.71. The predicted molar refractivity (Wildman–Crippen MR) is 101 cm³/mol. The summed E-state index contributed by atoms with van der Waals surface area (Å²) in [6.07, 6.45) is -0.663. The van der Waals surface area contributed by atoms with Crippen LogP contribution < -0.4 is 5.32 Å². The number of anilines is 1. The maximum atomic E-state index is 12.6. The van der Waals surface area contributed by atoms with Gasteiger partial charge >= 0.3 is 6.18 Å². The molecule has 3 aromatic heterocycles. The number of pyridine rings is 2. The topological polar surface area (TPSA) is 63.6 Å². The van der Waals surface area contributed by atoms with Crippen LogP contribution in [0.1, 0.15) is 23.4 Å². The van der Waals surface area contributed by atoms with Crippen molar-refractivity contribution in [2.24, 2.45) is 0 Å². The van der Waals surface area contributed by atoms with Crippen LogP contribution in [0.25, 0.3) is 11.5 Å². The minimum atomic E-state index is -4.39. The fraction of sp³-hybridized carbons (Fsp3) is 0.263. The fourth-order valence-electron chi connectivity index (χ4n) is 2.53. The number of hydrogen-bond acceptors (Lipinski definition) is 5. The number of nitrogens with zero attached hydrogens (tertiary/aromatic N) is 4. The molecule has 0 saturated carbocycles. The molecule has 146 valence electrons. The number of aryl methyl sites for hydroxylation is 2. The first kappa shape index (κ1) is 20.0. The predicted octanol–water partition coefficient (Wildman–Crippen LogP) is 4.96. The van der Waals surface area contributed by atoms with Crippen molar-refractivity contribution in [2.45, 2.75) is 25.9 Å². The van der Waals surface area contributed by atoms with Crippen LogP contribution in [0.5, 0.6) is 0 Å². The van der Waals surface area contributed by atoms with Crippen molar-refractivity contribution in [1.29, 1.82) is 0 Å². The van der Waals surface area contributed by atoms with Crippen LogP contribution in [0.3, 0.4) is 0 Å². The van der Waals surface area contributed by atoms with Crippen molar-refractivity contribution < 1.29 is 13.2 Å². The van der Waals surface area contributed by atoms with E-state index in [1.54, 1.807) is 6.20 Å². The Morgan fingerprint density at radius 1 is 1.07 bits per heavy atom. The smallest absolute Gasteiger partial charge is 0.370 e. The van der Waals surface area contributed by atoms with E-state index in [1.807, 2.05) is 25.1 Å². The summed E-state index contributed by atoms with van der Waals surface area (Å²) in [4.78, 5) is 16.9. The molecule has 1 N–H and O–H groups in total. The van der Waals surface area contributed by atoms with E-state index in [4.69, 9.17) is 11.6 Å².